The average Bonchev–Trinajstić information content (AvgIpc) is 3.23. The van der Waals surface area contributed by atoms with Gasteiger partial charge in [0.05, 0.1) is 0 Å². The smallest absolute Gasteiger partial charge is 0.229 e. The molecule has 1 aliphatic carbocycles. The van der Waals surface area contributed by atoms with Crippen LogP contribution in [0.25, 0.3) is 0 Å². The number of nitrogens with one attached hydrogen (secondary N) is 1. The standard InChI is InChI=1S/C17H18N2O/c1-11-3-6-13(7-4-11)14-9-15(14)17(20)19-16-8-5-12(2)10-18-16/h3-8,10,14-15H,9H2,1-2H3,(H,18,19,20). The number of hydrogen-bond acceptors (Lipinski definition) is 2. The molecule has 1 aromatic heterocycles. The molecule has 20 heavy (non-hydrogen) atoms. The highest BCUT2D eigenvalue weighted by molar-refractivity contribution is 5.94. The average molecular weight is 266 g/mol. The monoisotopic (exact) mass is 266 g/mol. The van der Waals surface area contributed by atoms with E-state index in [-0.39, 0.29) is 11.8 Å². The Hall–Kier alpha value is -2.16. The molecule has 3 heteroatoms. The molecule has 0 aliphatic heterocycles. The van der Waals surface area contributed by atoms with Gasteiger partial charge in [-0.2, -0.15) is 0 Å². The minimum absolute atomic E-state index is 0.0759. The Kier molecular flexibility index (Phi) is 3.26. The molecule has 102 valence electrons. The molecular formula is C17H18N2O. The predicted octanol–water partition coefficient (Wildman–Crippen LogP) is 3.44. The van der Waals surface area contributed by atoms with Gasteiger partial charge in [-0.25, -0.2) is 4.98 Å². The van der Waals surface area contributed by atoms with Gasteiger partial charge >= 0.3 is 0 Å². The fourth-order valence-corrected chi connectivity index (χ4v) is 2.43. The van der Waals surface area contributed by atoms with E-state index in [0.717, 1.165) is 12.0 Å². The third kappa shape index (κ3) is 2.72. The number of aromatic nitrogens is 1. The first-order valence-electron chi connectivity index (χ1n) is 6.93. The molecule has 1 aliphatic rings. The number of nitrogens with zero attached hydrogens (tertiary/aromatic N) is 1. The summed E-state index contributed by atoms with van der Waals surface area (Å²) in [4.78, 5) is 16.4. The van der Waals surface area contributed by atoms with Gasteiger partial charge in [-0.3, -0.25) is 4.79 Å². The molecule has 0 spiro atoms. The minimum atomic E-state index is 0.0759. The Morgan fingerprint density at radius 2 is 1.80 bits per heavy atom. The first-order chi connectivity index (χ1) is 9.63. The molecule has 1 N–H and O–H groups in total. The van der Waals surface area contributed by atoms with Crippen molar-refractivity contribution in [2.45, 2.75) is 26.2 Å². The van der Waals surface area contributed by atoms with Crippen LogP contribution in [-0.4, -0.2) is 10.9 Å². The highest BCUT2D eigenvalue weighted by Gasteiger charge is 2.43. The molecule has 0 bridgehead atoms. The van der Waals surface area contributed by atoms with Crippen molar-refractivity contribution >= 4 is 11.7 Å². The fraction of sp³-hybridized carbons (Fsp3) is 0.294. The molecule has 1 heterocycles. The summed E-state index contributed by atoms with van der Waals surface area (Å²) in [6, 6.07) is 12.2. The van der Waals surface area contributed by atoms with E-state index in [2.05, 4.69) is 41.5 Å². The summed E-state index contributed by atoms with van der Waals surface area (Å²) in [6.07, 6.45) is 2.70. The van der Waals surface area contributed by atoms with Crippen molar-refractivity contribution in [1.29, 1.82) is 0 Å². The zero-order chi connectivity index (χ0) is 14.1. The Bertz CT molecular complexity index is 616. The Morgan fingerprint density at radius 1 is 1.10 bits per heavy atom. The number of rotatable bonds is 3. The third-order valence-corrected chi connectivity index (χ3v) is 3.80. The quantitative estimate of drug-likeness (QED) is 0.924. The van der Waals surface area contributed by atoms with Gasteiger partial charge in [0.2, 0.25) is 5.91 Å². The van der Waals surface area contributed by atoms with Crippen LogP contribution in [0.15, 0.2) is 42.6 Å². The van der Waals surface area contributed by atoms with Gasteiger partial charge < -0.3 is 5.32 Å². The van der Waals surface area contributed by atoms with Crippen LogP contribution in [0.5, 0.6) is 0 Å². The van der Waals surface area contributed by atoms with E-state index in [9.17, 15) is 4.79 Å². The molecule has 1 fully saturated rings. The minimum Gasteiger partial charge on any atom is -0.310 e. The lowest BCUT2D eigenvalue weighted by molar-refractivity contribution is -0.117. The van der Waals surface area contributed by atoms with E-state index in [1.165, 1.54) is 11.1 Å². The van der Waals surface area contributed by atoms with Crippen LogP contribution in [0.2, 0.25) is 0 Å². The highest BCUT2D eigenvalue weighted by Crippen LogP contribution is 2.47. The fourth-order valence-electron chi connectivity index (χ4n) is 2.43. The van der Waals surface area contributed by atoms with Crippen molar-refractivity contribution in [2.75, 3.05) is 5.32 Å². The Morgan fingerprint density at radius 3 is 2.45 bits per heavy atom. The van der Waals surface area contributed by atoms with E-state index in [4.69, 9.17) is 0 Å². The van der Waals surface area contributed by atoms with Crippen molar-refractivity contribution in [3.05, 3.63) is 59.3 Å². The molecule has 1 amide bonds. The van der Waals surface area contributed by atoms with E-state index in [1.54, 1.807) is 6.20 Å². The van der Waals surface area contributed by atoms with Crippen LogP contribution < -0.4 is 5.32 Å². The molecule has 2 unspecified atom stereocenters. The molecule has 1 saturated carbocycles. The number of amides is 1. The van der Waals surface area contributed by atoms with Gasteiger partial charge in [0.15, 0.2) is 0 Å². The molecule has 3 rings (SSSR count). The maximum atomic E-state index is 12.2. The second-order valence-electron chi connectivity index (χ2n) is 5.57. The molecule has 0 radical (unpaired) electrons. The maximum absolute atomic E-state index is 12.2. The predicted molar refractivity (Wildman–Crippen MR) is 79.6 cm³/mol. The van der Waals surface area contributed by atoms with E-state index >= 15 is 0 Å². The van der Waals surface area contributed by atoms with Gasteiger partial charge in [0.1, 0.15) is 5.82 Å². The van der Waals surface area contributed by atoms with Crippen LogP contribution in [0.1, 0.15) is 29.0 Å². The van der Waals surface area contributed by atoms with Crippen LogP contribution in [0, 0.1) is 19.8 Å². The molecule has 0 saturated heterocycles. The summed E-state index contributed by atoms with van der Waals surface area (Å²) in [7, 11) is 0. The van der Waals surface area contributed by atoms with Crippen molar-refractivity contribution < 1.29 is 4.79 Å². The van der Waals surface area contributed by atoms with Crippen LogP contribution in [0.4, 0.5) is 5.82 Å². The zero-order valence-electron chi connectivity index (χ0n) is 11.8. The number of carbonyl (C=O) groups is 1. The van der Waals surface area contributed by atoms with Gasteiger partial charge in [-0.15, -0.1) is 0 Å². The highest BCUT2D eigenvalue weighted by atomic mass is 16.2. The topological polar surface area (TPSA) is 42.0 Å². The molecule has 2 atom stereocenters. The largest absolute Gasteiger partial charge is 0.310 e. The maximum Gasteiger partial charge on any atom is 0.229 e. The van der Waals surface area contributed by atoms with Crippen molar-refractivity contribution in [2.24, 2.45) is 5.92 Å². The number of carbonyl (C=O) groups excluding carboxylic acids is 1. The first kappa shape index (κ1) is 12.9. The Balaban J connectivity index is 1.62. The normalized spacial score (nSPS) is 20.5. The van der Waals surface area contributed by atoms with E-state index in [0.29, 0.717) is 11.7 Å². The van der Waals surface area contributed by atoms with Crippen molar-refractivity contribution in [1.82, 2.24) is 4.98 Å². The summed E-state index contributed by atoms with van der Waals surface area (Å²) >= 11 is 0. The number of aryl methyl sites for hydroxylation is 2. The zero-order valence-corrected chi connectivity index (χ0v) is 11.8. The lowest BCUT2D eigenvalue weighted by Gasteiger charge is -2.04. The summed E-state index contributed by atoms with van der Waals surface area (Å²) in [5.41, 5.74) is 3.60. The van der Waals surface area contributed by atoms with Crippen molar-refractivity contribution in [3.63, 3.8) is 0 Å². The summed E-state index contributed by atoms with van der Waals surface area (Å²) in [6.45, 7) is 4.05. The van der Waals surface area contributed by atoms with Crippen LogP contribution in [-0.2, 0) is 4.79 Å². The van der Waals surface area contributed by atoms with Gasteiger partial charge in [0.25, 0.3) is 0 Å². The second kappa shape index (κ2) is 5.08. The van der Waals surface area contributed by atoms with Gasteiger partial charge in [0, 0.05) is 12.1 Å². The van der Waals surface area contributed by atoms with Crippen LogP contribution >= 0.6 is 0 Å². The van der Waals surface area contributed by atoms with E-state index in [1.807, 2.05) is 19.1 Å². The van der Waals surface area contributed by atoms with Gasteiger partial charge in [-0.1, -0.05) is 35.9 Å². The lowest BCUT2D eigenvalue weighted by Crippen LogP contribution is -2.15. The van der Waals surface area contributed by atoms with Crippen LogP contribution in [0.3, 0.4) is 0 Å². The SMILES string of the molecule is Cc1ccc(C2CC2C(=O)Nc2ccc(C)cn2)cc1. The third-order valence-electron chi connectivity index (χ3n) is 3.80. The number of pyridine rings is 1. The Labute approximate surface area is 119 Å². The molecule has 3 nitrogen and oxygen atoms in total. The number of anilines is 1. The van der Waals surface area contributed by atoms with Crippen molar-refractivity contribution in [3.8, 4) is 0 Å². The first-order valence-corrected chi connectivity index (χ1v) is 6.93. The molecule has 1 aromatic carbocycles. The molecule has 2 aromatic rings. The van der Waals surface area contributed by atoms with E-state index < -0.39 is 0 Å². The second-order valence-corrected chi connectivity index (χ2v) is 5.57. The number of hydrogen-bond donors (Lipinski definition) is 1. The summed E-state index contributed by atoms with van der Waals surface area (Å²) in [5, 5.41) is 2.89. The lowest BCUT2D eigenvalue weighted by atomic mass is 10.1. The van der Waals surface area contributed by atoms with Gasteiger partial charge in [-0.05, 0) is 43.4 Å². The molecular weight excluding hydrogens is 248 g/mol. The number of benzene rings is 1. The summed E-state index contributed by atoms with van der Waals surface area (Å²) < 4.78 is 0. The summed E-state index contributed by atoms with van der Waals surface area (Å²) in [5.74, 6) is 1.16.